The Morgan fingerprint density at radius 3 is 2.71 bits per heavy atom. The highest BCUT2D eigenvalue weighted by Gasteiger charge is 2.36. The van der Waals surface area contributed by atoms with Crippen molar-refractivity contribution >= 4 is 11.7 Å². The molecule has 0 bridgehead atoms. The minimum absolute atomic E-state index is 0.0598. The van der Waals surface area contributed by atoms with Gasteiger partial charge in [0.05, 0.1) is 20.3 Å². The van der Waals surface area contributed by atoms with Crippen molar-refractivity contribution in [2.45, 2.75) is 12.5 Å². The first-order chi connectivity index (χ1) is 13.6. The van der Waals surface area contributed by atoms with E-state index in [1.165, 1.54) is 11.6 Å². The molecule has 1 atom stereocenters. The summed E-state index contributed by atoms with van der Waals surface area (Å²) in [5.74, 6) is 1.00. The summed E-state index contributed by atoms with van der Waals surface area (Å²) >= 11 is 0. The highest BCUT2D eigenvalue weighted by Crippen LogP contribution is 2.34. The maximum atomic E-state index is 13.0. The summed E-state index contributed by atoms with van der Waals surface area (Å²) in [5.41, 5.74) is 3.15. The van der Waals surface area contributed by atoms with Gasteiger partial charge in [0.2, 0.25) is 0 Å². The molecule has 0 saturated carbocycles. The first-order valence-corrected chi connectivity index (χ1v) is 9.22. The molecule has 0 radical (unpaired) electrons. The molecule has 2 aromatic carbocycles. The fourth-order valence-corrected chi connectivity index (χ4v) is 3.81. The summed E-state index contributed by atoms with van der Waals surface area (Å²) in [4.78, 5) is 27.4. The average molecular weight is 378 g/mol. The largest absolute Gasteiger partial charge is 0.497 e. The zero-order valence-electron chi connectivity index (χ0n) is 15.9. The summed E-state index contributed by atoms with van der Waals surface area (Å²) < 4.78 is 10.5. The summed E-state index contributed by atoms with van der Waals surface area (Å²) in [5, 5.41) is 3.15. The Kier molecular flexibility index (Phi) is 4.77. The van der Waals surface area contributed by atoms with Crippen LogP contribution in [0.1, 0.15) is 27.5 Å². The molecule has 0 aliphatic carbocycles. The van der Waals surface area contributed by atoms with Crippen molar-refractivity contribution in [2.24, 2.45) is 0 Å². The van der Waals surface area contributed by atoms with Crippen LogP contribution in [0.4, 0.5) is 0 Å². The van der Waals surface area contributed by atoms with Crippen LogP contribution in [0, 0.1) is 0 Å². The second-order valence-corrected chi connectivity index (χ2v) is 6.86. The normalized spacial score (nSPS) is 19.5. The van der Waals surface area contributed by atoms with E-state index < -0.39 is 0 Å². The van der Waals surface area contributed by atoms with Gasteiger partial charge in [0.15, 0.2) is 5.78 Å². The van der Waals surface area contributed by atoms with Crippen LogP contribution in [0.2, 0.25) is 0 Å². The van der Waals surface area contributed by atoms with E-state index >= 15 is 0 Å². The van der Waals surface area contributed by atoms with Crippen molar-refractivity contribution in [3.8, 4) is 11.5 Å². The van der Waals surface area contributed by atoms with Crippen LogP contribution in [-0.2, 0) is 11.2 Å². The minimum Gasteiger partial charge on any atom is -0.497 e. The lowest BCUT2D eigenvalue weighted by Crippen LogP contribution is -2.51. The summed E-state index contributed by atoms with van der Waals surface area (Å²) in [6.45, 7) is 1.19. The maximum absolute atomic E-state index is 13.0. The lowest BCUT2D eigenvalue weighted by atomic mass is 9.90. The SMILES string of the molecule is COc1cccc(C(=O)/C=C2\NCC3c4cc(OC)ccc4CCN3C2=O)c1. The monoisotopic (exact) mass is 378 g/mol. The highest BCUT2D eigenvalue weighted by molar-refractivity contribution is 6.09. The van der Waals surface area contributed by atoms with Crippen LogP contribution in [0.5, 0.6) is 11.5 Å². The lowest BCUT2D eigenvalue weighted by molar-refractivity contribution is -0.132. The first-order valence-electron chi connectivity index (χ1n) is 9.22. The van der Waals surface area contributed by atoms with Crippen molar-refractivity contribution in [2.75, 3.05) is 27.3 Å². The predicted octanol–water partition coefficient (Wildman–Crippen LogP) is 2.50. The Morgan fingerprint density at radius 1 is 1.14 bits per heavy atom. The van der Waals surface area contributed by atoms with Gasteiger partial charge in [-0.15, -0.1) is 0 Å². The van der Waals surface area contributed by atoms with Crippen LogP contribution >= 0.6 is 0 Å². The molecule has 1 amide bonds. The standard InChI is InChI=1S/C22H22N2O4/c1-27-16-5-3-4-15(10-16)21(25)12-19-22(26)24-9-8-14-6-7-17(28-2)11-18(14)20(24)13-23-19/h3-7,10-12,20,23H,8-9,13H2,1-2H3/b19-12-. The fraction of sp³-hybridized carbons (Fsp3) is 0.273. The Balaban J connectivity index is 1.58. The third-order valence-corrected chi connectivity index (χ3v) is 5.32. The van der Waals surface area contributed by atoms with Crippen molar-refractivity contribution < 1.29 is 19.1 Å². The van der Waals surface area contributed by atoms with Crippen LogP contribution in [-0.4, -0.2) is 43.9 Å². The van der Waals surface area contributed by atoms with Gasteiger partial charge in [0.25, 0.3) is 5.91 Å². The van der Waals surface area contributed by atoms with E-state index in [2.05, 4.69) is 11.4 Å². The molecule has 0 spiro atoms. The zero-order valence-corrected chi connectivity index (χ0v) is 15.9. The molecule has 28 heavy (non-hydrogen) atoms. The van der Waals surface area contributed by atoms with Crippen molar-refractivity contribution in [3.05, 3.63) is 70.9 Å². The molecule has 144 valence electrons. The van der Waals surface area contributed by atoms with E-state index in [0.29, 0.717) is 30.1 Å². The van der Waals surface area contributed by atoms with E-state index in [-0.39, 0.29) is 17.7 Å². The van der Waals surface area contributed by atoms with Gasteiger partial charge in [-0.05, 0) is 41.8 Å². The Hall–Kier alpha value is -3.28. The van der Waals surface area contributed by atoms with Gasteiger partial charge >= 0.3 is 0 Å². The zero-order chi connectivity index (χ0) is 19.7. The number of benzene rings is 2. The number of fused-ring (bicyclic) bond motifs is 3. The number of allylic oxidation sites excluding steroid dienone is 1. The predicted molar refractivity (Wildman–Crippen MR) is 105 cm³/mol. The fourth-order valence-electron chi connectivity index (χ4n) is 3.81. The molecular weight excluding hydrogens is 356 g/mol. The molecular formula is C22H22N2O4. The molecule has 0 aromatic heterocycles. The molecule has 2 heterocycles. The Morgan fingerprint density at radius 2 is 1.93 bits per heavy atom. The van der Waals surface area contributed by atoms with Crippen molar-refractivity contribution in [3.63, 3.8) is 0 Å². The van der Waals surface area contributed by atoms with E-state index in [0.717, 1.165) is 17.7 Å². The molecule has 2 aliphatic heterocycles. The number of carbonyl (C=O) groups excluding carboxylic acids is 2. The second kappa shape index (κ2) is 7.38. The van der Waals surface area contributed by atoms with Crippen LogP contribution in [0.15, 0.2) is 54.2 Å². The number of ether oxygens (including phenoxy) is 2. The molecule has 6 nitrogen and oxygen atoms in total. The number of methoxy groups -OCH3 is 2. The summed E-state index contributed by atoms with van der Waals surface area (Å²) in [7, 11) is 3.19. The number of carbonyl (C=O) groups is 2. The van der Waals surface area contributed by atoms with Crippen molar-refractivity contribution in [1.82, 2.24) is 10.2 Å². The van der Waals surface area contributed by atoms with Gasteiger partial charge in [-0.25, -0.2) is 0 Å². The smallest absolute Gasteiger partial charge is 0.270 e. The maximum Gasteiger partial charge on any atom is 0.270 e. The molecule has 1 saturated heterocycles. The van der Waals surface area contributed by atoms with Crippen LogP contribution in [0.3, 0.4) is 0 Å². The van der Waals surface area contributed by atoms with E-state index in [1.54, 1.807) is 38.5 Å². The second-order valence-electron chi connectivity index (χ2n) is 6.86. The molecule has 1 fully saturated rings. The molecule has 2 aliphatic rings. The molecule has 2 aromatic rings. The topological polar surface area (TPSA) is 67.9 Å². The number of amides is 1. The summed E-state index contributed by atoms with van der Waals surface area (Å²) in [6, 6.07) is 12.9. The first kappa shape index (κ1) is 18.1. The number of rotatable bonds is 4. The minimum atomic E-state index is -0.229. The number of ketones is 1. The Labute approximate surface area is 163 Å². The molecule has 4 rings (SSSR count). The lowest BCUT2D eigenvalue weighted by Gasteiger charge is -2.41. The van der Waals surface area contributed by atoms with Gasteiger partial charge in [-0.1, -0.05) is 18.2 Å². The summed E-state index contributed by atoms with van der Waals surface area (Å²) in [6.07, 6.45) is 2.17. The number of hydrogen-bond donors (Lipinski definition) is 1. The van der Waals surface area contributed by atoms with Crippen LogP contribution in [0.25, 0.3) is 0 Å². The molecule has 1 N–H and O–H groups in total. The van der Waals surface area contributed by atoms with Crippen LogP contribution < -0.4 is 14.8 Å². The van der Waals surface area contributed by atoms with E-state index in [1.807, 2.05) is 17.0 Å². The van der Waals surface area contributed by atoms with Gasteiger partial charge in [0, 0.05) is 24.7 Å². The van der Waals surface area contributed by atoms with Gasteiger partial charge in [-0.2, -0.15) is 0 Å². The number of piperazine rings is 1. The third-order valence-electron chi connectivity index (χ3n) is 5.32. The van der Waals surface area contributed by atoms with Gasteiger partial charge in [0.1, 0.15) is 17.2 Å². The number of hydrogen-bond acceptors (Lipinski definition) is 5. The van der Waals surface area contributed by atoms with Gasteiger partial charge in [-0.3, -0.25) is 9.59 Å². The highest BCUT2D eigenvalue weighted by atomic mass is 16.5. The molecule has 1 unspecified atom stereocenters. The number of nitrogens with zero attached hydrogens (tertiary/aromatic N) is 1. The van der Waals surface area contributed by atoms with E-state index in [9.17, 15) is 9.59 Å². The van der Waals surface area contributed by atoms with Crippen molar-refractivity contribution in [1.29, 1.82) is 0 Å². The van der Waals surface area contributed by atoms with Gasteiger partial charge < -0.3 is 19.7 Å². The number of nitrogens with one attached hydrogen (secondary N) is 1. The Bertz CT molecular complexity index is 967. The average Bonchev–Trinajstić information content (AvgIpc) is 2.75. The third kappa shape index (κ3) is 3.22. The molecule has 6 heteroatoms. The van der Waals surface area contributed by atoms with E-state index in [4.69, 9.17) is 9.47 Å². The quantitative estimate of drug-likeness (QED) is 0.654.